The SMILES string of the molecule is CCCn1cc(C#CCO)c(C)n1. The lowest BCUT2D eigenvalue weighted by Crippen LogP contribution is -1.96. The Kier molecular flexibility index (Phi) is 3.53. The number of aromatic nitrogens is 2. The van der Waals surface area contributed by atoms with Gasteiger partial charge in [0, 0.05) is 12.7 Å². The summed E-state index contributed by atoms with van der Waals surface area (Å²) in [6, 6.07) is 0. The van der Waals surface area contributed by atoms with Crippen molar-refractivity contribution in [3.05, 3.63) is 17.5 Å². The van der Waals surface area contributed by atoms with E-state index in [9.17, 15) is 0 Å². The van der Waals surface area contributed by atoms with Gasteiger partial charge in [0.15, 0.2) is 0 Å². The van der Waals surface area contributed by atoms with E-state index < -0.39 is 0 Å². The monoisotopic (exact) mass is 178 g/mol. The average Bonchev–Trinajstić information content (AvgIpc) is 2.44. The lowest BCUT2D eigenvalue weighted by Gasteiger charge is -1.93. The zero-order valence-electron chi connectivity index (χ0n) is 8.04. The number of aliphatic hydroxyl groups excluding tert-OH is 1. The quantitative estimate of drug-likeness (QED) is 0.684. The molecule has 0 aliphatic carbocycles. The molecule has 3 nitrogen and oxygen atoms in total. The molecular weight excluding hydrogens is 164 g/mol. The van der Waals surface area contributed by atoms with E-state index in [2.05, 4.69) is 23.9 Å². The first-order valence-electron chi connectivity index (χ1n) is 4.41. The standard InChI is InChI=1S/C10H14N2O/c1-3-6-12-8-10(5-4-7-13)9(2)11-12/h8,13H,3,6-7H2,1-2H3. The molecular formula is C10H14N2O. The Labute approximate surface area is 78.4 Å². The molecule has 3 heteroatoms. The first-order chi connectivity index (χ1) is 6.27. The summed E-state index contributed by atoms with van der Waals surface area (Å²) in [5.41, 5.74) is 1.83. The Morgan fingerprint density at radius 3 is 3.00 bits per heavy atom. The van der Waals surface area contributed by atoms with Crippen molar-refractivity contribution in [1.82, 2.24) is 9.78 Å². The van der Waals surface area contributed by atoms with Crippen molar-refractivity contribution >= 4 is 0 Å². The first kappa shape index (κ1) is 9.82. The van der Waals surface area contributed by atoms with Crippen LogP contribution in [0.5, 0.6) is 0 Å². The Hall–Kier alpha value is -1.27. The minimum absolute atomic E-state index is 0.0988. The second-order valence-electron chi connectivity index (χ2n) is 2.85. The molecule has 0 fully saturated rings. The predicted octanol–water partition coefficient (Wildman–Crippen LogP) is 0.945. The van der Waals surface area contributed by atoms with Crippen LogP contribution < -0.4 is 0 Å². The van der Waals surface area contributed by atoms with E-state index in [4.69, 9.17) is 5.11 Å². The average molecular weight is 178 g/mol. The number of hydrogen-bond donors (Lipinski definition) is 1. The molecule has 70 valence electrons. The third-order valence-corrected chi connectivity index (χ3v) is 1.70. The van der Waals surface area contributed by atoms with E-state index in [-0.39, 0.29) is 6.61 Å². The minimum atomic E-state index is -0.0988. The van der Waals surface area contributed by atoms with Crippen LogP contribution in [0.3, 0.4) is 0 Å². The zero-order chi connectivity index (χ0) is 9.68. The van der Waals surface area contributed by atoms with Crippen molar-refractivity contribution in [2.24, 2.45) is 0 Å². The fraction of sp³-hybridized carbons (Fsp3) is 0.500. The van der Waals surface area contributed by atoms with Gasteiger partial charge in [-0.25, -0.2) is 0 Å². The van der Waals surface area contributed by atoms with Crippen molar-refractivity contribution in [2.45, 2.75) is 26.8 Å². The number of rotatable bonds is 2. The van der Waals surface area contributed by atoms with E-state index in [1.807, 2.05) is 17.8 Å². The van der Waals surface area contributed by atoms with Crippen LogP contribution in [0, 0.1) is 18.8 Å². The van der Waals surface area contributed by atoms with Gasteiger partial charge in [-0.3, -0.25) is 4.68 Å². The first-order valence-corrected chi connectivity index (χ1v) is 4.41. The number of aryl methyl sites for hydroxylation is 2. The van der Waals surface area contributed by atoms with Gasteiger partial charge in [-0.1, -0.05) is 18.8 Å². The predicted molar refractivity (Wildman–Crippen MR) is 51.2 cm³/mol. The fourth-order valence-corrected chi connectivity index (χ4v) is 1.12. The largest absolute Gasteiger partial charge is 0.384 e. The van der Waals surface area contributed by atoms with E-state index in [1.54, 1.807) is 0 Å². The van der Waals surface area contributed by atoms with Gasteiger partial charge in [-0.2, -0.15) is 5.10 Å². The van der Waals surface area contributed by atoms with Crippen LogP contribution in [0.15, 0.2) is 6.20 Å². The molecule has 13 heavy (non-hydrogen) atoms. The molecule has 0 unspecified atom stereocenters. The molecule has 0 aliphatic rings. The Morgan fingerprint density at radius 1 is 1.62 bits per heavy atom. The third kappa shape index (κ3) is 2.60. The molecule has 0 bridgehead atoms. The Morgan fingerprint density at radius 2 is 2.38 bits per heavy atom. The summed E-state index contributed by atoms with van der Waals surface area (Å²) in [6.45, 7) is 4.85. The summed E-state index contributed by atoms with van der Waals surface area (Å²) in [5.74, 6) is 5.47. The van der Waals surface area contributed by atoms with Crippen molar-refractivity contribution in [2.75, 3.05) is 6.61 Å². The maximum Gasteiger partial charge on any atom is 0.104 e. The summed E-state index contributed by atoms with van der Waals surface area (Å²) >= 11 is 0. The van der Waals surface area contributed by atoms with Crippen LogP contribution in [-0.4, -0.2) is 21.5 Å². The molecule has 0 spiro atoms. The van der Waals surface area contributed by atoms with Crippen molar-refractivity contribution < 1.29 is 5.11 Å². The van der Waals surface area contributed by atoms with Gasteiger partial charge in [-0.15, -0.1) is 0 Å². The van der Waals surface area contributed by atoms with Crippen LogP contribution in [0.25, 0.3) is 0 Å². The molecule has 0 amide bonds. The maximum absolute atomic E-state index is 8.53. The highest BCUT2D eigenvalue weighted by atomic mass is 16.2. The van der Waals surface area contributed by atoms with Gasteiger partial charge in [0.05, 0.1) is 11.3 Å². The zero-order valence-corrected chi connectivity index (χ0v) is 8.04. The van der Waals surface area contributed by atoms with Crippen molar-refractivity contribution in [3.63, 3.8) is 0 Å². The molecule has 1 heterocycles. The fourth-order valence-electron chi connectivity index (χ4n) is 1.12. The minimum Gasteiger partial charge on any atom is -0.384 e. The highest BCUT2D eigenvalue weighted by Crippen LogP contribution is 2.03. The molecule has 0 aliphatic heterocycles. The van der Waals surface area contributed by atoms with Crippen LogP contribution in [-0.2, 0) is 6.54 Å². The van der Waals surface area contributed by atoms with E-state index in [0.717, 1.165) is 24.2 Å². The molecule has 1 rings (SSSR count). The molecule has 0 saturated heterocycles. The van der Waals surface area contributed by atoms with Crippen LogP contribution in [0.2, 0.25) is 0 Å². The lowest BCUT2D eigenvalue weighted by atomic mass is 10.3. The molecule has 1 aromatic rings. The molecule has 0 saturated carbocycles. The third-order valence-electron chi connectivity index (χ3n) is 1.70. The maximum atomic E-state index is 8.53. The van der Waals surface area contributed by atoms with Gasteiger partial charge in [0.2, 0.25) is 0 Å². The van der Waals surface area contributed by atoms with E-state index in [0.29, 0.717) is 0 Å². The van der Waals surface area contributed by atoms with Gasteiger partial charge in [-0.05, 0) is 13.3 Å². The second-order valence-corrected chi connectivity index (χ2v) is 2.85. The van der Waals surface area contributed by atoms with Crippen LogP contribution in [0.1, 0.15) is 24.6 Å². The van der Waals surface area contributed by atoms with Crippen LogP contribution in [0.4, 0.5) is 0 Å². The smallest absolute Gasteiger partial charge is 0.104 e. The summed E-state index contributed by atoms with van der Waals surface area (Å²) in [7, 11) is 0. The highest BCUT2D eigenvalue weighted by Gasteiger charge is 2.00. The number of aliphatic hydroxyl groups is 1. The van der Waals surface area contributed by atoms with Crippen LogP contribution >= 0.6 is 0 Å². The molecule has 0 aromatic carbocycles. The molecule has 0 radical (unpaired) electrons. The summed E-state index contributed by atoms with van der Waals surface area (Å²) in [4.78, 5) is 0. The summed E-state index contributed by atoms with van der Waals surface area (Å²) in [6.07, 6.45) is 2.98. The van der Waals surface area contributed by atoms with Crippen molar-refractivity contribution in [1.29, 1.82) is 0 Å². The Bertz CT molecular complexity index is 330. The van der Waals surface area contributed by atoms with Gasteiger partial charge >= 0.3 is 0 Å². The molecule has 1 aromatic heterocycles. The van der Waals surface area contributed by atoms with E-state index >= 15 is 0 Å². The van der Waals surface area contributed by atoms with Crippen molar-refractivity contribution in [3.8, 4) is 11.8 Å². The number of nitrogens with zero attached hydrogens (tertiary/aromatic N) is 2. The molecule has 0 atom stereocenters. The highest BCUT2D eigenvalue weighted by molar-refractivity contribution is 5.35. The second kappa shape index (κ2) is 4.68. The Balaban J connectivity index is 2.83. The van der Waals surface area contributed by atoms with E-state index in [1.165, 1.54) is 0 Å². The normalized spacial score (nSPS) is 9.46. The lowest BCUT2D eigenvalue weighted by molar-refractivity contribution is 0.350. The van der Waals surface area contributed by atoms with Gasteiger partial charge in [0.1, 0.15) is 6.61 Å². The topological polar surface area (TPSA) is 38.0 Å². The molecule has 1 N–H and O–H groups in total. The summed E-state index contributed by atoms with van der Waals surface area (Å²) < 4.78 is 1.89. The van der Waals surface area contributed by atoms with Gasteiger partial charge < -0.3 is 5.11 Å². The van der Waals surface area contributed by atoms with Gasteiger partial charge in [0.25, 0.3) is 0 Å². The summed E-state index contributed by atoms with van der Waals surface area (Å²) in [5, 5.41) is 12.8. The number of hydrogen-bond acceptors (Lipinski definition) is 2.